The van der Waals surface area contributed by atoms with Gasteiger partial charge in [0.2, 0.25) is 0 Å². The van der Waals surface area contributed by atoms with Crippen LogP contribution in [0.5, 0.6) is 5.75 Å². The molecule has 1 unspecified atom stereocenters. The summed E-state index contributed by atoms with van der Waals surface area (Å²) in [5.41, 5.74) is 2.81. The molecule has 0 saturated carbocycles. The van der Waals surface area contributed by atoms with E-state index < -0.39 is 0 Å². The normalized spacial score (nSPS) is 24.3. The van der Waals surface area contributed by atoms with Crippen LogP contribution < -0.4 is 10.1 Å². The highest BCUT2D eigenvalue weighted by molar-refractivity contribution is 5.43. The maximum Gasteiger partial charge on any atom is 0.123 e. The van der Waals surface area contributed by atoms with Gasteiger partial charge in [-0.1, -0.05) is 38.5 Å². The van der Waals surface area contributed by atoms with Gasteiger partial charge in [0, 0.05) is 5.56 Å². The van der Waals surface area contributed by atoms with E-state index >= 15 is 0 Å². The highest BCUT2D eigenvalue weighted by Gasteiger charge is 2.46. The second-order valence-electron chi connectivity index (χ2n) is 6.39. The fourth-order valence-corrected chi connectivity index (χ4v) is 3.17. The Hall–Kier alpha value is -1.02. The molecule has 2 rings (SSSR count). The molecule has 2 heteroatoms. The molecule has 0 aliphatic carbocycles. The summed E-state index contributed by atoms with van der Waals surface area (Å²) in [6.45, 7) is 10.2. The summed E-state index contributed by atoms with van der Waals surface area (Å²) in [6.07, 6.45) is 2.41. The molecule has 18 heavy (non-hydrogen) atoms. The molecule has 0 radical (unpaired) electrons. The summed E-state index contributed by atoms with van der Waals surface area (Å²) in [5, 5.41) is 3.75. The Balaban J connectivity index is 2.59. The second kappa shape index (κ2) is 4.58. The highest BCUT2D eigenvalue weighted by Crippen LogP contribution is 2.48. The van der Waals surface area contributed by atoms with E-state index in [0.717, 1.165) is 12.3 Å². The lowest BCUT2D eigenvalue weighted by Gasteiger charge is -2.43. The van der Waals surface area contributed by atoms with Crippen molar-refractivity contribution in [2.45, 2.75) is 46.1 Å². The van der Waals surface area contributed by atoms with Crippen LogP contribution in [0.2, 0.25) is 0 Å². The molecule has 1 saturated heterocycles. The molecule has 100 valence electrons. The van der Waals surface area contributed by atoms with E-state index in [2.05, 4.69) is 51.2 Å². The molecule has 1 aromatic rings. The number of hydrogen-bond donors (Lipinski definition) is 1. The van der Waals surface area contributed by atoms with Crippen molar-refractivity contribution in [3.05, 3.63) is 29.3 Å². The molecule has 1 aliphatic heterocycles. The van der Waals surface area contributed by atoms with E-state index in [0.29, 0.717) is 0 Å². The van der Waals surface area contributed by atoms with E-state index in [9.17, 15) is 0 Å². The van der Waals surface area contributed by atoms with Crippen LogP contribution in [-0.2, 0) is 5.54 Å². The molecule has 0 aromatic heterocycles. The maximum atomic E-state index is 5.59. The first-order valence-corrected chi connectivity index (χ1v) is 6.81. The zero-order valence-electron chi connectivity index (χ0n) is 12.3. The lowest BCUT2D eigenvalue weighted by molar-refractivity contribution is 0.156. The van der Waals surface area contributed by atoms with Crippen LogP contribution in [0.4, 0.5) is 0 Å². The number of hydrogen-bond acceptors (Lipinski definition) is 2. The van der Waals surface area contributed by atoms with Crippen molar-refractivity contribution in [3.63, 3.8) is 0 Å². The molecule has 1 aromatic carbocycles. The molecular formula is C16H25NO. The van der Waals surface area contributed by atoms with Crippen LogP contribution in [0, 0.1) is 12.3 Å². The Morgan fingerprint density at radius 3 is 2.50 bits per heavy atom. The number of aryl methyl sites for hydroxylation is 1. The average molecular weight is 247 g/mol. The third-order valence-corrected chi connectivity index (χ3v) is 4.25. The first kappa shape index (κ1) is 13.4. The molecular weight excluding hydrogens is 222 g/mol. The molecule has 1 aliphatic rings. The Kier molecular flexibility index (Phi) is 3.41. The summed E-state index contributed by atoms with van der Waals surface area (Å²) < 4.78 is 5.59. The second-order valence-corrected chi connectivity index (χ2v) is 6.39. The minimum Gasteiger partial charge on any atom is -0.496 e. The fourth-order valence-electron chi connectivity index (χ4n) is 3.17. The number of ether oxygens (including phenoxy) is 1. The smallest absolute Gasteiger partial charge is 0.123 e. The minimum atomic E-state index is 0.0321. The lowest BCUT2D eigenvalue weighted by atomic mass is 9.68. The Labute approximate surface area is 111 Å². The van der Waals surface area contributed by atoms with Crippen LogP contribution in [0.1, 0.15) is 44.7 Å². The van der Waals surface area contributed by atoms with E-state index in [1.807, 2.05) is 0 Å². The molecule has 0 bridgehead atoms. The van der Waals surface area contributed by atoms with E-state index in [4.69, 9.17) is 4.74 Å². The van der Waals surface area contributed by atoms with Gasteiger partial charge in [-0.15, -0.1) is 0 Å². The molecule has 2 nitrogen and oxygen atoms in total. The molecule has 1 atom stereocenters. The van der Waals surface area contributed by atoms with Crippen LogP contribution in [0.25, 0.3) is 0 Å². The first-order valence-electron chi connectivity index (χ1n) is 6.81. The Morgan fingerprint density at radius 1 is 1.28 bits per heavy atom. The Bertz CT molecular complexity index is 425. The van der Waals surface area contributed by atoms with Crippen molar-refractivity contribution in [2.75, 3.05) is 13.7 Å². The minimum absolute atomic E-state index is 0.0321. The van der Waals surface area contributed by atoms with Crippen LogP contribution in [-0.4, -0.2) is 13.7 Å². The largest absolute Gasteiger partial charge is 0.496 e. The third kappa shape index (κ3) is 2.03. The summed E-state index contributed by atoms with van der Waals surface area (Å²) in [4.78, 5) is 0. The summed E-state index contributed by atoms with van der Waals surface area (Å²) in [5.74, 6) is 1.00. The monoisotopic (exact) mass is 247 g/mol. The summed E-state index contributed by atoms with van der Waals surface area (Å²) in [7, 11) is 1.76. The highest BCUT2D eigenvalue weighted by atomic mass is 16.5. The van der Waals surface area contributed by atoms with Crippen LogP contribution in [0.3, 0.4) is 0 Å². The van der Waals surface area contributed by atoms with E-state index in [1.54, 1.807) is 7.11 Å². The molecule has 1 fully saturated rings. The van der Waals surface area contributed by atoms with Gasteiger partial charge in [0.15, 0.2) is 0 Å². The van der Waals surface area contributed by atoms with Gasteiger partial charge >= 0.3 is 0 Å². The van der Waals surface area contributed by atoms with Gasteiger partial charge in [-0.25, -0.2) is 0 Å². The standard InChI is InChI=1S/C16H25NO/c1-12-7-8-14(18-5)13(11-12)16(15(2,3)4)9-6-10-17-16/h7-8,11,17H,6,9-10H2,1-5H3. The van der Waals surface area contributed by atoms with Gasteiger partial charge in [0.1, 0.15) is 5.75 Å². The zero-order chi connectivity index (χ0) is 13.4. The van der Waals surface area contributed by atoms with Gasteiger partial charge in [0.25, 0.3) is 0 Å². The van der Waals surface area contributed by atoms with Crippen molar-refractivity contribution in [1.29, 1.82) is 0 Å². The van der Waals surface area contributed by atoms with Crippen molar-refractivity contribution in [1.82, 2.24) is 5.32 Å². The van der Waals surface area contributed by atoms with Crippen molar-refractivity contribution in [3.8, 4) is 5.75 Å². The van der Waals surface area contributed by atoms with Gasteiger partial charge in [-0.05, 0) is 37.8 Å². The molecule has 0 spiro atoms. The van der Waals surface area contributed by atoms with E-state index in [-0.39, 0.29) is 11.0 Å². The van der Waals surface area contributed by atoms with Gasteiger partial charge in [-0.3, -0.25) is 0 Å². The maximum absolute atomic E-state index is 5.59. The van der Waals surface area contributed by atoms with Crippen LogP contribution in [0.15, 0.2) is 18.2 Å². The average Bonchev–Trinajstić information content (AvgIpc) is 2.78. The van der Waals surface area contributed by atoms with Crippen molar-refractivity contribution >= 4 is 0 Å². The SMILES string of the molecule is COc1ccc(C)cc1C1(C(C)(C)C)CCCN1. The number of nitrogens with one attached hydrogen (secondary N) is 1. The Morgan fingerprint density at radius 2 is 2.00 bits per heavy atom. The first-order chi connectivity index (χ1) is 8.40. The number of methoxy groups -OCH3 is 1. The third-order valence-electron chi connectivity index (χ3n) is 4.25. The molecule has 1 heterocycles. The van der Waals surface area contributed by atoms with Gasteiger partial charge in [-0.2, -0.15) is 0 Å². The van der Waals surface area contributed by atoms with Crippen LogP contribution >= 0.6 is 0 Å². The number of rotatable bonds is 2. The zero-order valence-corrected chi connectivity index (χ0v) is 12.3. The number of benzene rings is 1. The quantitative estimate of drug-likeness (QED) is 0.861. The molecule has 0 amide bonds. The summed E-state index contributed by atoms with van der Waals surface area (Å²) in [6, 6.07) is 6.49. The van der Waals surface area contributed by atoms with Crippen molar-refractivity contribution in [2.24, 2.45) is 5.41 Å². The summed E-state index contributed by atoms with van der Waals surface area (Å²) >= 11 is 0. The predicted molar refractivity (Wildman–Crippen MR) is 76.1 cm³/mol. The van der Waals surface area contributed by atoms with Gasteiger partial charge < -0.3 is 10.1 Å². The lowest BCUT2D eigenvalue weighted by Crippen LogP contribution is -2.48. The predicted octanol–water partition coefficient (Wildman–Crippen LogP) is 3.63. The van der Waals surface area contributed by atoms with Crippen molar-refractivity contribution < 1.29 is 4.74 Å². The fraction of sp³-hybridized carbons (Fsp3) is 0.625. The van der Waals surface area contributed by atoms with E-state index in [1.165, 1.54) is 24.0 Å². The van der Waals surface area contributed by atoms with Gasteiger partial charge in [0.05, 0.1) is 12.6 Å². The topological polar surface area (TPSA) is 21.3 Å². The molecule has 1 N–H and O–H groups in total.